The van der Waals surface area contributed by atoms with Gasteiger partial charge in [0, 0.05) is 31.2 Å². The molecule has 1 amide bonds. The summed E-state index contributed by atoms with van der Waals surface area (Å²) in [6.07, 6.45) is 6.33. The lowest BCUT2D eigenvalue weighted by Gasteiger charge is -2.37. The van der Waals surface area contributed by atoms with Gasteiger partial charge in [0.25, 0.3) is 0 Å². The molecular weight excluding hydrogens is 288 g/mol. The van der Waals surface area contributed by atoms with E-state index in [0.29, 0.717) is 0 Å². The average molecular weight is 308 g/mol. The Balaban J connectivity index is 1.56. The highest BCUT2D eigenvalue weighted by molar-refractivity contribution is 6.06. The van der Waals surface area contributed by atoms with E-state index in [1.165, 1.54) is 0 Å². The van der Waals surface area contributed by atoms with Gasteiger partial charge in [-0.05, 0) is 36.5 Å². The van der Waals surface area contributed by atoms with E-state index in [1.807, 2.05) is 30.6 Å². The summed E-state index contributed by atoms with van der Waals surface area (Å²) in [5.74, 6) is 0.907. The van der Waals surface area contributed by atoms with Crippen molar-refractivity contribution in [1.82, 2.24) is 9.97 Å². The first-order chi connectivity index (χ1) is 11.2. The Kier molecular flexibility index (Phi) is 3.29. The summed E-state index contributed by atoms with van der Waals surface area (Å²) in [6, 6.07) is 8.05. The number of nitrogens with one attached hydrogen (secondary N) is 1. The molecule has 0 aliphatic carbocycles. The van der Waals surface area contributed by atoms with Gasteiger partial charge in [0.15, 0.2) is 0 Å². The minimum Gasteiger partial charge on any atom is -0.341 e. The van der Waals surface area contributed by atoms with Crippen molar-refractivity contribution in [3.8, 4) is 0 Å². The number of carbonyl (C=O) groups excluding carboxylic acids is 1. The second-order valence-corrected chi connectivity index (χ2v) is 6.31. The molecule has 118 valence electrons. The number of benzene rings is 1. The Labute approximate surface area is 135 Å². The lowest BCUT2D eigenvalue weighted by atomic mass is 9.74. The maximum atomic E-state index is 12.6. The number of hydrogen-bond acceptors (Lipinski definition) is 4. The van der Waals surface area contributed by atoms with Crippen LogP contribution in [0.25, 0.3) is 0 Å². The molecule has 1 fully saturated rings. The Morgan fingerprint density at radius 1 is 1.17 bits per heavy atom. The van der Waals surface area contributed by atoms with Crippen molar-refractivity contribution in [2.75, 3.05) is 23.3 Å². The molecule has 1 saturated heterocycles. The number of para-hydroxylation sites is 1. The van der Waals surface area contributed by atoms with E-state index < -0.39 is 0 Å². The number of aromatic nitrogens is 2. The van der Waals surface area contributed by atoms with Gasteiger partial charge >= 0.3 is 0 Å². The number of amides is 1. The molecule has 0 atom stereocenters. The second kappa shape index (κ2) is 5.33. The van der Waals surface area contributed by atoms with Crippen molar-refractivity contribution in [2.24, 2.45) is 0 Å². The molecule has 5 nitrogen and oxygen atoms in total. The first kappa shape index (κ1) is 14.2. The van der Waals surface area contributed by atoms with E-state index in [0.717, 1.165) is 55.1 Å². The Bertz CT molecular complexity index is 733. The van der Waals surface area contributed by atoms with Gasteiger partial charge in [0.1, 0.15) is 0 Å². The number of piperidine rings is 1. The highest BCUT2D eigenvalue weighted by atomic mass is 16.2. The molecule has 2 aromatic rings. The van der Waals surface area contributed by atoms with E-state index in [9.17, 15) is 4.79 Å². The molecular formula is C18H20N4O. The number of fused-ring (bicyclic) bond motifs is 2. The first-order valence-corrected chi connectivity index (χ1v) is 8.20. The van der Waals surface area contributed by atoms with Crippen LogP contribution in [-0.2, 0) is 16.6 Å². The fourth-order valence-corrected chi connectivity index (χ4v) is 3.65. The minimum atomic E-state index is -0.379. The van der Waals surface area contributed by atoms with E-state index in [2.05, 4.69) is 33.2 Å². The lowest BCUT2D eigenvalue weighted by molar-refractivity contribution is -0.121. The number of nitrogens with zero attached hydrogens (tertiary/aromatic N) is 3. The second-order valence-electron chi connectivity index (χ2n) is 6.31. The predicted octanol–water partition coefficient (Wildman–Crippen LogP) is 2.53. The SMILES string of the molecule is CCc1cnc(N2CCC3(CC2)C(=O)Nc2ccccc23)nc1. The zero-order valence-corrected chi connectivity index (χ0v) is 13.2. The normalized spacial score (nSPS) is 18.8. The van der Waals surface area contributed by atoms with Gasteiger partial charge in [-0.1, -0.05) is 25.1 Å². The van der Waals surface area contributed by atoms with E-state index >= 15 is 0 Å². The van der Waals surface area contributed by atoms with Gasteiger partial charge in [-0.15, -0.1) is 0 Å². The van der Waals surface area contributed by atoms with E-state index in [4.69, 9.17) is 0 Å². The lowest BCUT2D eigenvalue weighted by Crippen LogP contribution is -2.47. The van der Waals surface area contributed by atoms with Crippen LogP contribution in [0.1, 0.15) is 30.9 Å². The number of carbonyl (C=O) groups is 1. The van der Waals surface area contributed by atoms with Crippen LogP contribution < -0.4 is 10.2 Å². The third kappa shape index (κ3) is 2.19. The van der Waals surface area contributed by atoms with Gasteiger partial charge < -0.3 is 10.2 Å². The summed E-state index contributed by atoms with van der Waals surface area (Å²) >= 11 is 0. The summed E-state index contributed by atoms with van der Waals surface area (Å²) in [7, 11) is 0. The van der Waals surface area contributed by atoms with Crippen LogP contribution in [0.4, 0.5) is 11.6 Å². The van der Waals surface area contributed by atoms with Gasteiger partial charge in [0.05, 0.1) is 5.41 Å². The Morgan fingerprint density at radius 3 is 2.57 bits per heavy atom. The van der Waals surface area contributed by atoms with Crippen LogP contribution in [0.5, 0.6) is 0 Å². The molecule has 1 aromatic carbocycles. The average Bonchev–Trinajstić information content (AvgIpc) is 2.88. The molecule has 0 radical (unpaired) electrons. The van der Waals surface area contributed by atoms with Crippen LogP contribution in [0.15, 0.2) is 36.7 Å². The molecule has 5 heteroatoms. The Morgan fingerprint density at radius 2 is 1.87 bits per heavy atom. The predicted molar refractivity (Wildman–Crippen MR) is 89.6 cm³/mol. The molecule has 2 aliphatic rings. The van der Waals surface area contributed by atoms with E-state index in [-0.39, 0.29) is 11.3 Å². The highest BCUT2D eigenvalue weighted by Gasteiger charge is 2.48. The monoisotopic (exact) mass is 308 g/mol. The van der Waals surface area contributed by atoms with E-state index in [1.54, 1.807) is 0 Å². The molecule has 1 aromatic heterocycles. The smallest absolute Gasteiger partial charge is 0.235 e. The van der Waals surface area contributed by atoms with Crippen molar-refractivity contribution in [2.45, 2.75) is 31.6 Å². The largest absolute Gasteiger partial charge is 0.341 e. The molecule has 4 rings (SSSR count). The van der Waals surface area contributed by atoms with Gasteiger partial charge in [-0.25, -0.2) is 9.97 Å². The summed E-state index contributed by atoms with van der Waals surface area (Å²) in [5, 5.41) is 3.04. The maximum absolute atomic E-state index is 12.6. The molecule has 0 bridgehead atoms. The van der Waals surface area contributed by atoms with Crippen molar-refractivity contribution < 1.29 is 4.79 Å². The van der Waals surface area contributed by atoms with Crippen molar-refractivity contribution in [3.63, 3.8) is 0 Å². The van der Waals surface area contributed by atoms with Crippen LogP contribution in [0.3, 0.4) is 0 Å². The highest BCUT2D eigenvalue weighted by Crippen LogP contribution is 2.44. The topological polar surface area (TPSA) is 58.1 Å². The first-order valence-electron chi connectivity index (χ1n) is 8.20. The number of rotatable bonds is 2. The quantitative estimate of drug-likeness (QED) is 0.926. The van der Waals surface area contributed by atoms with Gasteiger partial charge in [0.2, 0.25) is 11.9 Å². The number of anilines is 2. The summed E-state index contributed by atoms with van der Waals surface area (Å²) in [6.45, 7) is 3.69. The molecule has 0 saturated carbocycles. The zero-order chi connectivity index (χ0) is 15.9. The molecule has 1 spiro atoms. The summed E-state index contributed by atoms with van der Waals surface area (Å²) < 4.78 is 0. The van der Waals surface area contributed by atoms with Crippen LogP contribution in [0.2, 0.25) is 0 Å². The maximum Gasteiger partial charge on any atom is 0.235 e. The fourth-order valence-electron chi connectivity index (χ4n) is 3.65. The van der Waals surface area contributed by atoms with Gasteiger partial charge in [-0.3, -0.25) is 4.79 Å². The number of hydrogen-bond donors (Lipinski definition) is 1. The Hall–Kier alpha value is -2.43. The molecule has 1 N–H and O–H groups in total. The summed E-state index contributed by atoms with van der Waals surface area (Å²) in [5.41, 5.74) is 2.88. The van der Waals surface area contributed by atoms with Crippen LogP contribution in [0, 0.1) is 0 Å². The van der Waals surface area contributed by atoms with Crippen molar-refractivity contribution in [1.29, 1.82) is 0 Å². The third-order valence-corrected chi connectivity index (χ3v) is 5.13. The third-order valence-electron chi connectivity index (χ3n) is 5.13. The molecule has 23 heavy (non-hydrogen) atoms. The number of aryl methyl sites for hydroxylation is 1. The zero-order valence-electron chi connectivity index (χ0n) is 13.2. The molecule has 0 unspecified atom stereocenters. The standard InChI is InChI=1S/C18H20N4O/c1-2-13-11-19-17(20-12-13)22-9-7-18(8-10-22)14-5-3-4-6-15(14)21-16(18)23/h3-6,11-12H,2,7-10H2,1H3,(H,21,23). The summed E-state index contributed by atoms with van der Waals surface area (Å²) in [4.78, 5) is 23.7. The van der Waals surface area contributed by atoms with Crippen molar-refractivity contribution >= 4 is 17.5 Å². The van der Waals surface area contributed by atoms with Crippen LogP contribution >= 0.6 is 0 Å². The van der Waals surface area contributed by atoms with Crippen LogP contribution in [-0.4, -0.2) is 29.0 Å². The van der Waals surface area contributed by atoms with Crippen molar-refractivity contribution in [3.05, 3.63) is 47.8 Å². The molecule has 2 aliphatic heterocycles. The molecule has 3 heterocycles. The fraction of sp³-hybridized carbons (Fsp3) is 0.389. The minimum absolute atomic E-state index is 0.139. The van der Waals surface area contributed by atoms with Gasteiger partial charge in [-0.2, -0.15) is 0 Å².